The molecule has 0 bridgehead atoms. The quantitative estimate of drug-likeness (QED) is 0.896. The third-order valence-electron chi connectivity index (χ3n) is 3.47. The van der Waals surface area contributed by atoms with Crippen molar-refractivity contribution in [1.29, 1.82) is 0 Å². The average molecular weight is 291 g/mol. The molecule has 1 fully saturated rings. The summed E-state index contributed by atoms with van der Waals surface area (Å²) in [6.45, 7) is 5.62. The molecule has 1 amide bonds. The van der Waals surface area contributed by atoms with Crippen molar-refractivity contribution in [3.05, 3.63) is 24.4 Å². The molecule has 1 heterocycles. The second kappa shape index (κ2) is 6.78. The molecule has 5 heteroatoms. The maximum atomic E-state index is 11.9. The number of rotatable bonds is 3. The van der Waals surface area contributed by atoms with Gasteiger partial charge in [0.05, 0.1) is 6.04 Å². The Morgan fingerprint density at radius 3 is 2.57 bits per heavy atom. The van der Waals surface area contributed by atoms with Crippen LogP contribution in [0.15, 0.2) is 24.4 Å². The Morgan fingerprint density at radius 1 is 1.24 bits per heavy atom. The fraction of sp³-hybridized carbons (Fsp3) is 0.625. The molecule has 116 valence electrons. The summed E-state index contributed by atoms with van der Waals surface area (Å²) in [5.74, 6) is 0.848. The van der Waals surface area contributed by atoms with Gasteiger partial charge in [0.1, 0.15) is 11.4 Å². The van der Waals surface area contributed by atoms with Crippen LogP contribution in [0.5, 0.6) is 0 Å². The lowest BCUT2D eigenvalue weighted by atomic mass is 9.90. The van der Waals surface area contributed by atoms with Crippen molar-refractivity contribution in [3.8, 4) is 0 Å². The molecule has 0 unspecified atom stereocenters. The van der Waals surface area contributed by atoms with E-state index in [1.165, 1.54) is 0 Å². The Hall–Kier alpha value is -1.78. The van der Waals surface area contributed by atoms with Gasteiger partial charge in [0, 0.05) is 12.2 Å². The molecule has 1 aromatic rings. The number of aromatic nitrogens is 1. The zero-order valence-electron chi connectivity index (χ0n) is 13.1. The van der Waals surface area contributed by atoms with Gasteiger partial charge >= 0.3 is 6.09 Å². The minimum atomic E-state index is -0.470. The summed E-state index contributed by atoms with van der Waals surface area (Å²) in [7, 11) is 0. The number of hydrogen-bond acceptors (Lipinski definition) is 4. The SMILES string of the molecule is CC(C)(C)OC(=O)N[C@@H]1CCCC[C@H]1Nc1ccccn1. The fourth-order valence-electron chi connectivity index (χ4n) is 2.57. The second-order valence-corrected chi connectivity index (χ2v) is 6.50. The van der Waals surface area contributed by atoms with Crippen LogP contribution in [0.25, 0.3) is 0 Å². The number of alkyl carbamates (subject to hydrolysis) is 1. The zero-order valence-corrected chi connectivity index (χ0v) is 13.1. The average Bonchev–Trinajstić information content (AvgIpc) is 2.40. The third-order valence-corrected chi connectivity index (χ3v) is 3.47. The molecule has 1 aromatic heterocycles. The molecule has 5 nitrogen and oxygen atoms in total. The fourth-order valence-corrected chi connectivity index (χ4v) is 2.57. The highest BCUT2D eigenvalue weighted by atomic mass is 16.6. The van der Waals surface area contributed by atoms with Crippen LogP contribution < -0.4 is 10.6 Å². The van der Waals surface area contributed by atoms with E-state index in [2.05, 4.69) is 15.6 Å². The number of amides is 1. The number of hydrogen-bond donors (Lipinski definition) is 2. The van der Waals surface area contributed by atoms with Crippen LogP contribution in [-0.4, -0.2) is 28.8 Å². The van der Waals surface area contributed by atoms with E-state index in [-0.39, 0.29) is 18.2 Å². The van der Waals surface area contributed by atoms with Gasteiger partial charge in [-0.25, -0.2) is 9.78 Å². The molecule has 1 saturated carbocycles. The first kappa shape index (κ1) is 15.6. The largest absolute Gasteiger partial charge is 0.444 e. The summed E-state index contributed by atoms with van der Waals surface area (Å²) in [5.41, 5.74) is -0.470. The molecular formula is C16H25N3O2. The van der Waals surface area contributed by atoms with Gasteiger partial charge in [-0.2, -0.15) is 0 Å². The Kier molecular flexibility index (Phi) is 5.04. The normalized spacial score (nSPS) is 22.4. The van der Waals surface area contributed by atoms with Gasteiger partial charge in [-0.05, 0) is 45.7 Å². The van der Waals surface area contributed by atoms with Gasteiger partial charge in [0.15, 0.2) is 0 Å². The Labute approximate surface area is 126 Å². The summed E-state index contributed by atoms with van der Waals surface area (Å²) in [4.78, 5) is 16.2. The molecule has 0 saturated heterocycles. The Balaban J connectivity index is 1.94. The molecule has 2 atom stereocenters. The second-order valence-electron chi connectivity index (χ2n) is 6.50. The van der Waals surface area contributed by atoms with Crippen LogP contribution in [0.2, 0.25) is 0 Å². The first-order valence-electron chi connectivity index (χ1n) is 7.61. The lowest BCUT2D eigenvalue weighted by molar-refractivity contribution is 0.0488. The van der Waals surface area contributed by atoms with Crippen molar-refractivity contribution in [2.24, 2.45) is 0 Å². The monoisotopic (exact) mass is 291 g/mol. The lowest BCUT2D eigenvalue weighted by Crippen LogP contribution is -2.49. The number of carbonyl (C=O) groups excluding carboxylic acids is 1. The van der Waals surface area contributed by atoms with Crippen molar-refractivity contribution in [3.63, 3.8) is 0 Å². The molecule has 1 aliphatic carbocycles. The van der Waals surface area contributed by atoms with E-state index in [9.17, 15) is 4.79 Å². The number of nitrogens with zero attached hydrogens (tertiary/aromatic N) is 1. The lowest BCUT2D eigenvalue weighted by Gasteiger charge is -2.33. The van der Waals surface area contributed by atoms with Gasteiger partial charge in [0.25, 0.3) is 0 Å². The van der Waals surface area contributed by atoms with E-state index in [4.69, 9.17) is 4.74 Å². The van der Waals surface area contributed by atoms with Crippen LogP contribution in [0.4, 0.5) is 10.6 Å². The number of pyridine rings is 1. The minimum Gasteiger partial charge on any atom is -0.444 e. The van der Waals surface area contributed by atoms with Crippen LogP contribution in [0.3, 0.4) is 0 Å². The smallest absolute Gasteiger partial charge is 0.407 e. The molecular weight excluding hydrogens is 266 g/mol. The molecule has 0 spiro atoms. The number of nitrogens with one attached hydrogen (secondary N) is 2. The number of ether oxygens (including phenoxy) is 1. The number of carbonyl (C=O) groups is 1. The molecule has 1 aliphatic rings. The Bertz CT molecular complexity index is 456. The highest BCUT2D eigenvalue weighted by Gasteiger charge is 2.28. The van der Waals surface area contributed by atoms with Crippen LogP contribution in [0.1, 0.15) is 46.5 Å². The van der Waals surface area contributed by atoms with Crippen LogP contribution in [-0.2, 0) is 4.74 Å². The molecule has 21 heavy (non-hydrogen) atoms. The number of anilines is 1. The van der Waals surface area contributed by atoms with Crippen molar-refractivity contribution in [2.45, 2.75) is 64.1 Å². The van der Waals surface area contributed by atoms with Gasteiger partial charge in [0.2, 0.25) is 0 Å². The van der Waals surface area contributed by atoms with E-state index in [0.717, 1.165) is 31.5 Å². The zero-order chi connectivity index (χ0) is 15.3. The van der Waals surface area contributed by atoms with Gasteiger partial charge in [-0.15, -0.1) is 0 Å². The maximum Gasteiger partial charge on any atom is 0.407 e. The van der Waals surface area contributed by atoms with Gasteiger partial charge in [-0.1, -0.05) is 18.9 Å². The van der Waals surface area contributed by atoms with E-state index in [0.29, 0.717) is 0 Å². The topological polar surface area (TPSA) is 63.2 Å². The standard InChI is InChI=1S/C16H25N3O2/c1-16(2,3)21-15(20)19-13-9-5-4-8-12(13)18-14-10-6-7-11-17-14/h6-7,10-13H,4-5,8-9H2,1-3H3,(H,17,18)(H,19,20)/t12-,13-/m1/s1. The summed E-state index contributed by atoms with van der Waals surface area (Å²) < 4.78 is 5.35. The van der Waals surface area contributed by atoms with Crippen molar-refractivity contribution < 1.29 is 9.53 Å². The van der Waals surface area contributed by atoms with E-state index in [1.54, 1.807) is 6.20 Å². The molecule has 0 aliphatic heterocycles. The summed E-state index contributed by atoms with van der Waals surface area (Å²) in [6, 6.07) is 6.06. The first-order valence-corrected chi connectivity index (χ1v) is 7.61. The summed E-state index contributed by atoms with van der Waals surface area (Å²) >= 11 is 0. The molecule has 2 N–H and O–H groups in total. The summed E-state index contributed by atoms with van der Waals surface area (Å²) in [6.07, 6.45) is 5.70. The predicted molar refractivity (Wildman–Crippen MR) is 83.3 cm³/mol. The highest BCUT2D eigenvalue weighted by molar-refractivity contribution is 5.68. The maximum absolute atomic E-state index is 11.9. The molecule has 0 radical (unpaired) electrons. The van der Waals surface area contributed by atoms with E-state index in [1.807, 2.05) is 39.0 Å². The highest BCUT2D eigenvalue weighted by Crippen LogP contribution is 2.22. The summed E-state index contributed by atoms with van der Waals surface area (Å²) in [5, 5.41) is 6.41. The first-order chi connectivity index (χ1) is 9.94. The van der Waals surface area contributed by atoms with Crippen molar-refractivity contribution in [2.75, 3.05) is 5.32 Å². The van der Waals surface area contributed by atoms with Crippen molar-refractivity contribution >= 4 is 11.9 Å². The molecule has 0 aromatic carbocycles. The van der Waals surface area contributed by atoms with Crippen LogP contribution >= 0.6 is 0 Å². The van der Waals surface area contributed by atoms with Crippen molar-refractivity contribution in [1.82, 2.24) is 10.3 Å². The van der Waals surface area contributed by atoms with E-state index < -0.39 is 5.60 Å². The van der Waals surface area contributed by atoms with Crippen LogP contribution in [0, 0.1) is 0 Å². The third kappa shape index (κ3) is 5.25. The van der Waals surface area contributed by atoms with Gasteiger partial charge in [-0.3, -0.25) is 0 Å². The molecule has 2 rings (SSSR count). The van der Waals surface area contributed by atoms with E-state index >= 15 is 0 Å². The van der Waals surface area contributed by atoms with Gasteiger partial charge < -0.3 is 15.4 Å². The predicted octanol–water partition coefficient (Wildman–Crippen LogP) is 3.33. The minimum absolute atomic E-state index is 0.0793. The Morgan fingerprint density at radius 2 is 1.95 bits per heavy atom.